The molecular formula is C3H2F2NO. The summed E-state index contributed by atoms with van der Waals surface area (Å²) in [6.07, 6.45) is 0. The fourth-order valence-electron chi connectivity index (χ4n) is 0.0299. The van der Waals surface area contributed by atoms with Gasteiger partial charge in [-0.3, -0.25) is 0 Å². The number of hydrogen-bond acceptors (Lipinski definition) is 1. The molecule has 0 aliphatic heterocycles. The second-order valence-corrected chi connectivity index (χ2v) is 0.974. The fourth-order valence-corrected chi connectivity index (χ4v) is 0.0299. The first-order valence-electron chi connectivity index (χ1n) is 1.49. The van der Waals surface area contributed by atoms with Crippen LogP contribution in [0.5, 0.6) is 0 Å². The Labute approximate surface area is 39.0 Å². The number of halogens is 2. The van der Waals surface area contributed by atoms with E-state index in [1.165, 1.54) is 0 Å². The van der Waals surface area contributed by atoms with Crippen LogP contribution in [0, 0.1) is 11.3 Å². The molecule has 0 aliphatic rings. The lowest BCUT2D eigenvalue weighted by Gasteiger charge is -1.95. The second-order valence-electron chi connectivity index (χ2n) is 0.974. The molecule has 0 heterocycles. The predicted molar refractivity (Wildman–Crippen MR) is 16.1 cm³/mol. The topological polar surface area (TPSA) is 43.7 Å². The highest BCUT2D eigenvalue weighted by Gasteiger charge is 2.26. The van der Waals surface area contributed by atoms with Crippen LogP contribution >= 0.6 is 0 Å². The summed E-state index contributed by atoms with van der Waals surface area (Å²) in [5.74, 6) is -3.53. The van der Waals surface area contributed by atoms with Crippen molar-refractivity contribution in [3.63, 3.8) is 0 Å². The van der Waals surface area contributed by atoms with E-state index in [1.807, 2.05) is 0 Å². The minimum Gasteiger partial charge on any atom is -0.243 e. The zero-order valence-corrected chi connectivity index (χ0v) is 3.32. The normalized spacial score (nSPS) is 17.4. The van der Waals surface area contributed by atoms with Crippen LogP contribution in [0.25, 0.3) is 0 Å². The van der Waals surface area contributed by atoms with Gasteiger partial charge in [-0.1, -0.05) is 0 Å². The van der Waals surface area contributed by atoms with E-state index in [-0.39, 0.29) is 0 Å². The SMILES string of the molecule is N#CC([O])(F)CF. The van der Waals surface area contributed by atoms with Crippen molar-refractivity contribution in [1.82, 2.24) is 0 Å². The van der Waals surface area contributed by atoms with Gasteiger partial charge in [-0.25, -0.2) is 4.39 Å². The largest absolute Gasteiger partial charge is 0.352 e. The van der Waals surface area contributed by atoms with Gasteiger partial charge in [-0.05, 0) is 0 Å². The van der Waals surface area contributed by atoms with Gasteiger partial charge < -0.3 is 0 Å². The lowest BCUT2D eigenvalue weighted by molar-refractivity contribution is -0.105. The first-order chi connectivity index (χ1) is 3.12. The van der Waals surface area contributed by atoms with Gasteiger partial charge in [0, 0.05) is 0 Å². The molecule has 0 aromatic heterocycles. The Morgan fingerprint density at radius 2 is 2.29 bits per heavy atom. The maximum absolute atomic E-state index is 11.3. The molecule has 7 heavy (non-hydrogen) atoms. The molecule has 4 heteroatoms. The molecule has 2 nitrogen and oxygen atoms in total. The second kappa shape index (κ2) is 1.85. The first kappa shape index (κ1) is 6.31. The summed E-state index contributed by atoms with van der Waals surface area (Å²) in [5.41, 5.74) is 0. The van der Waals surface area contributed by atoms with Crippen molar-refractivity contribution in [3.05, 3.63) is 0 Å². The number of hydrogen-bond donors (Lipinski definition) is 0. The molecule has 1 atom stereocenters. The molecule has 1 radical (unpaired) electrons. The van der Waals surface area contributed by atoms with E-state index in [9.17, 15) is 13.9 Å². The number of rotatable bonds is 1. The Balaban J connectivity index is 3.66. The third kappa shape index (κ3) is 2.06. The summed E-state index contributed by atoms with van der Waals surface area (Å²) in [5, 5.41) is 16.9. The van der Waals surface area contributed by atoms with Crippen molar-refractivity contribution in [3.8, 4) is 6.07 Å². The first-order valence-corrected chi connectivity index (χ1v) is 1.49. The van der Waals surface area contributed by atoms with Crippen LogP contribution in [-0.2, 0) is 5.11 Å². The van der Waals surface area contributed by atoms with Gasteiger partial charge >= 0.3 is 5.85 Å². The Morgan fingerprint density at radius 1 is 1.86 bits per heavy atom. The van der Waals surface area contributed by atoms with Crippen LogP contribution < -0.4 is 0 Å². The smallest absolute Gasteiger partial charge is 0.243 e. The molecule has 1 unspecified atom stereocenters. The van der Waals surface area contributed by atoms with Crippen LogP contribution in [-0.4, -0.2) is 12.5 Å². The lowest BCUT2D eigenvalue weighted by Crippen LogP contribution is -2.19. The van der Waals surface area contributed by atoms with Crippen molar-refractivity contribution in [2.45, 2.75) is 5.85 Å². The van der Waals surface area contributed by atoms with E-state index in [1.54, 1.807) is 0 Å². The van der Waals surface area contributed by atoms with Crippen molar-refractivity contribution in [2.75, 3.05) is 6.67 Å². The van der Waals surface area contributed by atoms with Gasteiger partial charge in [-0.15, -0.1) is 0 Å². The maximum Gasteiger partial charge on any atom is 0.352 e. The quantitative estimate of drug-likeness (QED) is 0.482. The molecule has 0 amide bonds. The third-order valence-electron chi connectivity index (χ3n) is 0.339. The minimum absolute atomic E-state index is 0.594. The van der Waals surface area contributed by atoms with E-state index in [0.717, 1.165) is 0 Å². The molecule has 0 aromatic carbocycles. The zero-order chi connectivity index (χ0) is 5.91. The third-order valence-corrected chi connectivity index (χ3v) is 0.339. The van der Waals surface area contributed by atoms with Gasteiger partial charge in [0.2, 0.25) is 0 Å². The van der Waals surface area contributed by atoms with Gasteiger partial charge in [0.15, 0.2) is 6.67 Å². The van der Waals surface area contributed by atoms with E-state index in [0.29, 0.717) is 6.07 Å². The highest BCUT2D eigenvalue weighted by atomic mass is 19.2. The number of nitriles is 1. The summed E-state index contributed by atoms with van der Waals surface area (Å²) >= 11 is 0. The minimum atomic E-state index is -3.53. The van der Waals surface area contributed by atoms with Crippen molar-refractivity contribution in [2.24, 2.45) is 0 Å². The monoisotopic (exact) mass is 106 g/mol. The van der Waals surface area contributed by atoms with Crippen LogP contribution in [0.3, 0.4) is 0 Å². The number of nitrogens with zero attached hydrogens (tertiary/aromatic N) is 1. The van der Waals surface area contributed by atoms with Crippen LogP contribution in [0.15, 0.2) is 0 Å². The molecule has 0 N–H and O–H groups in total. The standard InChI is InChI=1S/C3H2F2NO/c4-1-3(5,7)2-6/h1H2. The Bertz CT molecular complexity index is 95.6. The lowest BCUT2D eigenvalue weighted by atomic mass is 10.4. The molecule has 0 saturated heterocycles. The average molecular weight is 106 g/mol. The molecule has 0 aromatic rings. The molecular weight excluding hydrogens is 104 g/mol. The van der Waals surface area contributed by atoms with Crippen molar-refractivity contribution in [1.29, 1.82) is 5.26 Å². The van der Waals surface area contributed by atoms with Crippen molar-refractivity contribution < 1.29 is 13.9 Å². The maximum atomic E-state index is 11.3. The van der Waals surface area contributed by atoms with Crippen LogP contribution in [0.2, 0.25) is 0 Å². The van der Waals surface area contributed by atoms with Crippen LogP contribution in [0.4, 0.5) is 8.78 Å². The molecule has 0 rings (SSSR count). The van der Waals surface area contributed by atoms with Gasteiger partial charge in [0.05, 0.1) is 0 Å². The molecule has 39 valence electrons. The van der Waals surface area contributed by atoms with Crippen molar-refractivity contribution >= 4 is 0 Å². The number of alkyl halides is 2. The van der Waals surface area contributed by atoms with E-state index < -0.39 is 12.5 Å². The summed E-state index contributed by atoms with van der Waals surface area (Å²) in [6, 6.07) is 0.594. The molecule has 0 fully saturated rings. The van der Waals surface area contributed by atoms with Gasteiger partial charge in [0.1, 0.15) is 6.07 Å². The van der Waals surface area contributed by atoms with Crippen LogP contribution in [0.1, 0.15) is 0 Å². The Kier molecular flexibility index (Phi) is 1.66. The summed E-state index contributed by atoms with van der Waals surface area (Å²) in [7, 11) is 0. The highest BCUT2D eigenvalue weighted by Crippen LogP contribution is 2.04. The predicted octanol–water partition coefficient (Wildman–Crippen LogP) is 0.576. The molecule has 0 spiro atoms. The van der Waals surface area contributed by atoms with E-state index in [4.69, 9.17) is 5.26 Å². The Hall–Kier alpha value is -0.690. The fraction of sp³-hybridized carbons (Fsp3) is 0.667. The summed E-state index contributed by atoms with van der Waals surface area (Å²) < 4.78 is 22.1. The van der Waals surface area contributed by atoms with Gasteiger partial charge in [0.25, 0.3) is 0 Å². The molecule has 0 saturated carbocycles. The summed E-state index contributed by atoms with van der Waals surface area (Å²) in [4.78, 5) is 0. The average Bonchev–Trinajstić information content (AvgIpc) is 1.68. The zero-order valence-electron chi connectivity index (χ0n) is 3.32. The summed E-state index contributed by atoms with van der Waals surface area (Å²) in [6.45, 7) is -1.79. The Morgan fingerprint density at radius 3 is 2.29 bits per heavy atom. The molecule has 0 bridgehead atoms. The van der Waals surface area contributed by atoms with E-state index >= 15 is 0 Å². The molecule has 0 aliphatic carbocycles. The van der Waals surface area contributed by atoms with E-state index in [2.05, 4.69) is 0 Å². The van der Waals surface area contributed by atoms with Gasteiger partial charge in [-0.2, -0.15) is 14.8 Å². The highest BCUT2D eigenvalue weighted by molar-refractivity contribution is 4.89.